The van der Waals surface area contributed by atoms with Crippen LogP contribution in [0.1, 0.15) is 27.2 Å². The van der Waals surface area contributed by atoms with Gasteiger partial charge in [0, 0.05) is 19.1 Å². The number of nitrogens with zero attached hydrogens (tertiary/aromatic N) is 2. The standard InChI is InChI=1S/C12H29N3/c1-6-12(8-13)10-15(7-2)11(3)9-14(4)5/h11-12H,6-10,13H2,1-5H3. The van der Waals surface area contributed by atoms with Gasteiger partial charge in [-0.15, -0.1) is 0 Å². The normalized spacial score (nSPS) is 16.0. The Kier molecular flexibility index (Phi) is 8.02. The van der Waals surface area contributed by atoms with Crippen molar-refractivity contribution in [1.29, 1.82) is 0 Å². The Bertz CT molecular complexity index is 144. The van der Waals surface area contributed by atoms with Crippen molar-refractivity contribution in [2.45, 2.75) is 33.2 Å². The van der Waals surface area contributed by atoms with E-state index in [1.807, 2.05) is 0 Å². The molecule has 92 valence electrons. The van der Waals surface area contributed by atoms with Gasteiger partial charge in [-0.05, 0) is 40.0 Å². The lowest BCUT2D eigenvalue weighted by Crippen LogP contribution is -2.43. The van der Waals surface area contributed by atoms with E-state index in [0.717, 1.165) is 26.2 Å². The molecule has 0 aliphatic heterocycles. The fourth-order valence-corrected chi connectivity index (χ4v) is 1.97. The van der Waals surface area contributed by atoms with Crippen LogP contribution < -0.4 is 5.73 Å². The van der Waals surface area contributed by atoms with Crippen LogP contribution in [-0.2, 0) is 0 Å². The first kappa shape index (κ1) is 14.9. The molecule has 2 atom stereocenters. The molecule has 0 saturated heterocycles. The molecule has 0 aromatic rings. The molecule has 0 rings (SSSR count). The largest absolute Gasteiger partial charge is 0.330 e. The van der Waals surface area contributed by atoms with Crippen molar-refractivity contribution in [3.8, 4) is 0 Å². The Labute approximate surface area is 95.6 Å². The second-order valence-electron chi connectivity index (χ2n) is 4.71. The predicted molar refractivity (Wildman–Crippen MR) is 68.1 cm³/mol. The molecule has 0 aliphatic rings. The highest BCUT2D eigenvalue weighted by molar-refractivity contribution is 4.72. The first-order valence-corrected chi connectivity index (χ1v) is 6.13. The second kappa shape index (κ2) is 8.08. The summed E-state index contributed by atoms with van der Waals surface area (Å²) in [7, 11) is 4.26. The van der Waals surface area contributed by atoms with Crippen molar-refractivity contribution in [3.05, 3.63) is 0 Å². The third-order valence-electron chi connectivity index (χ3n) is 3.06. The third kappa shape index (κ3) is 6.13. The lowest BCUT2D eigenvalue weighted by Gasteiger charge is -2.32. The summed E-state index contributed by atoms with van der Waals surface area (Å²) in [6, 6.07) is 0.616. The van der Waals surface area contributed by atoms with Crippen LogP contribution in [0.4, 0.5) is 0 Å². The number of hydrogen-bond donors (Lipinski definition) is 1. The molecule has 2 N–H and O–H groups in total. The van der Waals surface area contributed by atoms with Gasteiger partial charge in [-0.1, -0.05) is 20.3 Å². The zero-order valence-corrected chi connectivity index (χ0v) is 11.2. The molecular weight excluding hydrogens is 186 g/mol. The summed E-state index contributed by atoms with van der Waals surface area (Å²) in [6.45, 7) is 10.9. The van der Waals surface area contributed by atoms with Crippen LogP contribution >= 0.6 is 0 Å². The fourth-order valence-electron chi connectivity index (χ4n) is 1.97. The smallest absolute Gasteiger partial charge is 0.0194 e. The van der Waals surface area contributed by atoms with Gasteiger partial charge in [0.1, 0.15) is 0 Å². The molecule has 0 heterocycles. The average molecular weight is 215 g/mol. The molecule has 0 radical (unpaired) electrons. The van der Waals surface area contributed by atoms with E-state index in [9.17, 15) is 0 Å². The number of hydrogen-bond acceptors (Lipinski definition) is 3. The molecule has 3 heteroatoms. The zero-order valence-electron chi connectivity index (χ0n) is 11.2. The molecule has 3 nitrogen and oxygen atoms in total. The molecular formula is C12H29N3. The minimum atomic E-state index is 0.616. The quantitative estimate of drug-likeness (QED) is 0.661. The molecule has 0 aliphatic carbocycles. The van der Waals surface area contributed by atoms with Crippen molar-refractivity contribution in [1.82, 2.24) is 9.80 Å². The molecule has 0 saturated carbocycles. The highest BCUT2D eigenvalue weighted by atomic mass is 15.2. The van der Waals surface area contributed by atoms with Gasteiger partial charge in [0.2, 0.25) is 0 Å². The van der Waals surface area contributed by atoms with Gasteiger partial charge >= 0.3 is 0 Å². The molecule has 0 amide bonds. The SMILES string of the molecule is CCC(CN)CN(CC)C(C)CN(C)C. The summed E-state index contributed by atoms with van der Waals surface area (Å²) >= 11 is 0. The Morgan fingerprint density at radius 3 is 2.07 bits per heavy atom. The van der Waals surface area contributed by atoms with Crippen molar-refractivity contribution < 1.29 is 0 Å². The van der Waals surface area contributed by atoms with Crippen LogP contribution in [-0.4, -0.2) is 56.1 Å². The predicted octanol–water partition coefficient (Wildman–Crippen LogP) is 1.24. The summed E-state index contributed by atoms with van der Waals surface area (Å²) in [6.07, 6.45) is 1.18. The minimum Gasteiger partial charge on any atom is -0.330 e. The van der Waals surface area contributed by atoms with Crippen molar-refractivity contribution in [2.75, 3.05) is 40.3 Å². The second-order valence-corrected chi connectivity index (χ2v) is 4.71. The lowest BCUT2D eigenvalue weighted by atomic mass is 10.1. The first-order chi connectivity index (χ1) is 7.04. The van der Waals surface area contributed by atoms with Crippen LogP contribution in [0.15, 0.2) is 0 Å². The maximum atomic E-state index is 5.75. The van der Waals surface area contributed by atoms with Crippen molar-refractivity contribution >= 4 is 0 Å². The van der Waals surface area contributed by atoms with Gasteiger partial charge < -0.3 is 10.6 Å². The lowest BCUT2D eigenvalue weighted by molar-refractivity contribution is 0.157. The maximum Gasteiger partial charge on any atom is 0.0194 e. The van der Waals surface area contributed by atoms with Gasteiger partial charge in [0.05, 0.1) is 0 Å². The van der Waals surface area contributed by atoms with Gasteiger partial charge in [0.25, 0.3) is 0 Å². The van der Waals surface area contributed by atoms with E-state index in [1.54, 1.807) is 0 Å². The topological polar surface area (TPSA) is 32.5 Å². The van der Waals surface area contributed by atoms with Gasteiger partial charge in [-0.25, -0.2) is 0 Å². The van der Waals surface area contributed by atoms with Crippen LogP contribution in [0.2, 0.25) is 0 Å². The molecule has 0 bridgehead atoms. The maximum absolute atomic E-state index is 5.75. The monoisotopic (exact) mass is 215 g/mol. The Morgan fingerprint density at radius 1 is 1.13 bits per heavy atom. The van der Waals surface area contributed by atoms with Gasteiger partial charge in [0.15, 0.2) is 0 Å². The number of nitrogens with two attached hydrogens (primary N) is 1. The van der Waals surface area contributed by atoms with E-state index < -0.39 is 0 Å². The van der Waals surface area contributed by atoms with Gasteiger partial charge in [-0.3, -0.25) is 4.90 Å². The Morgan fingerprint density at radius 2 is 1.73 bits per heavy atom. The first-order valence-electron chi connectivity index (χ1n) is 6.13. The van der Waals surface area contributed by atoms with Gasteiger partial charge in [-0.2, -0.15) is 0 Å². The Balaban J connectivity index is 4.09. The molecule has 15 heavy (non-hydrogen) atoms. The fraction of sp³-hybridized carbons (Fsp3) is 1.00. The molecule has 0 spiro atoms. The summed E-state index contributed by atoms with van der Waals surface area (Å²) in [4.78, 5) is 4.78. The summed E-state index contributed by atoms with van der Waals surface area (Å²) in [5.41, 5.74) is 5.75. The highest BCUT2D eigenvalue weighted by Crippen LogP contribution is 2.07. The summed E-state index contributed by atoms with van der Waals surface area (Å²) in [5, 5.41) is 0. The molecule has 0 aromatic heterocycles. The Hall–Kier alpha value is -0.120. The minimum absolute atomic E-state index is 0.616. The molecule has 0 aromatic carbocycles. The van der Waals surface area contributed by atoms with E-state index in [0.29, 0.717) is 12.0 Å². The summed E-state index contributed by atoms with van der Waals surface area (Å²) in [5.74, 6) is 0.648. The van der Waals surface area contributed by atoms with Crippen LogP contribution in [0.5, 0.6) is 0 Å². The van der Waals surface area contributed by atoms with Crippen LogP contribution in [0.3, 0.4) is 0 Å². The van der Waals surface area contributed by atoms with E-state index in [4.69, 9.17) is 5.73 Å². The number of likely N-dealkylation sites (N-methyl/N-ethyl adjacent to an activating group) is 2. The van der Waals surface area contributed by atoms with Crippen molar-refractivity contribution in [3.63, 3.8) is 0 Å². The van der Waals surface area contributed by atoms with E-state index in [2.05, 4.69) is 44.7 Å². The molecule has 2 unspecified atom stereocenters. The third-order valence-corrected chi connectivity index (χ3v) is 3.06. The zero-order chi connectivity index (χ0) is 11.8. The van der Waals surface area contributed by atoms with E-state index >= 15 is 0 Å². The highest BCUT2D eigenvalue weighted by Gasteiger charge is 2.16. The molecule has 0 fully saturated rings. The van der Waals surface area contributed by atoms with E-state index in [1.165, 1.54) is 6.42 Å². The van der Waals surface area contributed by atoms with E-state index in [-0.39, 0.29) is 0 Å². The summed E-state index contributed by atoms with van der Waals surface area (Å²) < 4.78 is 0. The van der Waals surface area contributed by atoms with Crippen LogP contribution in [0, 0.1) is 5.92 Å². The number of rotatable bonds is 8. The van der Waals surface area contributed by atoms with Crippen molar-refractivity contribution in [2.24, 2.45) is 11.7 Å². The average Bonchev–Trinajstić information content (AvgIpc) is 2.18. The van der Waals surface area contributed by atoms with Crippen LogP contribution in [0.25, 0.3) is 0 Å².